The average molecular weight is 399 g/mol. The van der Waals surface area contributed by atoms with E-state index in [1.165, 1.54) is 4.57 Å². The molecular formula is C20H19ClN4O3. The van der Waals surface area contributed by atoms with E-state index in [1.54, 1.807) is 36.4 Å². The van der Waals surface area contributed by atoms with E-state index in [0.717, 1.165) is 12.8 Å². The van der Waals surface area contributed by atoms with E-state index in [2.05, 4.69) is 15.6 Å². The number of nitrogens with zero attached hydrogens (tertiary/aromatic N) is 2. The lowest BCUT2D eigenvalue weighted by molar-refractivity contribution is 0.0964. The van der Waals surface area contributed by atoms with Gasteiger partial charge in [-0.15, -0.1) is 0 Å². The van der Waals surface area contributed by atoms with Crippen molar-refractivity contribution < 1.29 is 9.53 Å². The Morgan fingerprint density at radius 2 is 2.07 bits per heavy atom. The molecule has 0 spiro atoms. The summed E-state index contributed by atoms with van der Waals surface area (Å²) in [4.78, 5) is 29.4. The van der Waals surface area contributed by atoms with Crippen molar-refractivity contribution in [1.29, 1.82) is 0 Å². The lowest BCUT2D eigenvalue weighted by atomic mass is 10.2. The molecule has 7 nitrogen and oxygen atoms in total. The maximum atomic E-state index is 12.6. The van der Waals surface area contributed by atoms with Gasteiger partial charge in [-0.2, -0.15) is 4.98 Å². The highest BCUT2D eigenvalue weighted by Gasteiger charge is 2.21. The minimum absolute atomic E-state index is 0.0720. The number of benzene rings is 2. The number of anilines is 2. The van der Waals surface area contributed by atoms with Gasteiger partial charge in [-0.1, -0.05) is 29.8 Å². The first-order valence-corrected chi connectivity index (χ1v) is 9.43. The fourth-order valence-electron chi connectivity index (χ4n) is 3.31. The highest BCUT2D eigenvalue weighted by molar-refractivity contribution is 6.30. The molecule has 0 unspecified atom stereocenters. The first-order valence-electron chi connectivity index (χ1n) is 9.05. The molecule has 2 heterocycles. The second kappa shape index (κ2) is 8.00. The molecular weight excluding hydrogens is 380 g/mol. The Morgan fingerprint density at radius 1 is 1.21 bits per heavy atom. The first-order chi connectivity index (χ1) is 13.6. The van der Waals surface area contributed by atoms with Crippen LogP contribution in [0.15, 0.2) is 53.3 Å². The van der Waals surface area contributed by atoms with Crippen LogP contribution in [0.4, 0.5) is 16.3 Å². The number of urea groups is 1. The normalized spacial score (nSPS) is 16.2. The standard InChI is InChI=1S/C20H19ClN4O3/c21-13-5-3-6-14(11-13)22-19(26)24-18-16-8-1-2-9-17(16)23-20(27)25(18)12-15-7-4-10-28-15/h1-3,5-6,8-9,11,15H,4,7,10,12H2,(H2,22,24,26)/t15-/m1/s1. The Hall–Kier alpha value is -2.90. The first kappa shape index (κ1) is 18.5. The third-order valence-corrected chi connectivity index (χ3v) is 4.84. The van der Waals surface area contributed by atoms with Gasteiger partial charge in [0.2, 0.25) is 0 Å². The summed E-state index contributed by atoms with van der Waals surface area (Å²) in [5.74, 6) is 0.394. The summed E-state index contributed by atoms with van der Waals surface area (Å²) in [6.45, 7) is 1.02. The maximum absolute atomic E-state index is 12.6. The van der Waals surface area contributed by atoms with Crippen LogP contribution in [0.2, 0.25) is 5.02 Å². The fourth-order valence-corrected chi connectivity index (χ4v) is 3.50. The number of para-hydroxylation sites is 1. The number of fused-ring (bicyclic) bond motifs is 1. The van der Waals surface area contributed by atoms with Crippen LogP contribution in [0, 0.1) is 0 Å². The van der Waals surface area contributed by atoms with Crippen molar-refractivity contribution in [3.63, 3.8) is 0 Å². The van der Waals surface area contributed by atoms with Crippen LogP contribution in [0.25, 0.3) is 10.9 Å². The molecule has 28 heavy (non-hydrogen) atoms. The molecule has 1 fully saturated rings. The van der Waals surface area contributed by atoms with Crippen LogP contribution in [0.5, 0.6) is 0 Å². The van der Waals surface area contributed by atoms with E-state index >= 15 is 0 Å². The molecule has 4 rings (SSSR count). The van der Waals surface area contributed by atoms with Gasteiger partial charge in [0.15, 0.2) is 0 Å². The highest BCUT2D eigenvalue weighted by atomic mass is 35.5. The van der Waals surface area contributed by atoms with Crippen LogP contribution in [-0.2, 0) is 11.3 Å². The van der Waals surface area contributed by atoms with Crippen molar-refractivity contribution in [3.8, 4) is 0 Å². The Balaban J connectivity index is 1.68. The monoisotopic (exact) mass is 398 g/mol. The number of hydrogen-bond acceptors (Lipinski definition) is 4. The van der Waals surface area contributed by atoms with Gasteiger partial charge >= 0.3 is 11.7 Å². The lowest BCUT2D eigenvalue weighted by Gasteiger charge is -2.18. The van der Waals surface area contributed by atoms with Crippen LogP contribution in [0.1, 0.15) is 12.8 Å². The number of rotatable bonds is 4. The summed E-state index contributed by atoms with van der Waals surface area (Å²) in [5, 5.41) is 6.74. The molecule has 2 amide bonds. The van der Waals surface area contributed by atoms with Gasteiger partial charge in [0.1, 0.15) is 5.82 Å². The summed E-state index contributed by atoms with van der Waals surface area (Å²) in [6, 6.07) is 13.6. The minimum Gasteiger partial charge on any atom is -0.376 e. The largest absolute Gasteiger partial charge is 0.376 e. The quantitative estimate of drug-likeness (QED) is 0.698. The summed E-state index contributed by atoms with van der Waals surface area (Å²) in [7, 11) is 0. The average Bonchev–Trinajstić information content (AvgIpc) is 3.18. The molecule has 1 aliphatic rings. The summed E-state index contributed by atoms with van der Waals surface area (Å²) in [6.07, 6.45) is 1.75. The third-order valence-electron chi connectivity index (χ3n) is 4.60. The van der Waals surface area contributed by atoms with Gasteiger partial charge in [0.25, 0.3) is 0 Å². The number of aromatic nitrogens is 2. The molecule has 1 aromatic heterocycles. The van der Waals surface area contributed by atoms with Crippen molar-refractivity contribution >= 4 is 40.0 Å². The predicted octanol–water partition coefficient (Wildman–Crippen LogP) is 3.87. The molecule has 0 saturated carbocycles. The lowest BCUT2D eigenvalue weighted by Crippen LogP contribution is -2.33. The molecule has 2 aromatic carbocycles. The SMILES string of the molecule is O=C(Nc1cccc(Cl)c1)Nc1c2ccccc2nc(=O)n1C[C@H]1CCCO1. The Morgan fingerprint density at radius 3 is 2.86 bits per heavy atom. The second-order valence-corrected chi connectivity index (χ2v) is 7.03. The zero-order valence-corrected chi connectivity index (χ0v) is 15.8. The van der Waals surface area contributed by atoms with E-state index < -0.39 is 11.7 Å². The summed E-state index contributed by atoms with van der Waals surface area (Å²) >= 11 is 5.97. The van der Waals surface area contributed by atoms with Crippen molar-refractivity contribution in [2.24, 2.45) is 0 Å². The molecule has 3 aromatic rings. The van der Waals surface area contributed by atoms with Crippen LogP contribution in [-0.4, -0.2) is 28.3 Å². The van der Waals surface area contributed by atoms with E-state index in [4.69, 9.17) is 16.3 Å². The topological polar surface area (TPSA) is 85.3 Å². The number of hydrogen-bond donors (Lipinski definition) is 2. The van der Waals surface area contributed by atoms with E-state index in [0.29, 0.717) is 40.6 Å². The number of carbonyl (C=O) groups is 1. The van der Waals surface area contributed by atoms with Crippen molar-refractivity contribution in [2.75, 3.05) is 17.2 Å². The Kier molecular flexibility index (Phi) is 5.27. The van der Waals surface area contributed by atoms with Gasteiger partial charge in [-0.3, -0.25) is 9.88 Å². The summed E-state index contributed by atoms with van der Waals surface area (Å²) < 4.78 is 7.13. The third kappa shape index (κ3) is 4.00. The predicted molar refractivity (Wildman–Crippen MR) is 109 cm³/mol. The fraction of sp³-hybridized carbons (Fsp3) is 0.250. The van der Waals surface area contributed by atoms with E-state index in [-0.39, 0.29) is 6.10 Å². The van der Waals surface area contributed by atoms with E-state index in [1.807, 2.05) is 12.1 Å². The van der Waals surface area contributed by atoms with Crippen LogP contribution in [0.3, 0.4) is 0 Å². The van der Waals surface area contributed by atoms with Crippen molar-refractivity contribution in [1.82, 2.24) is 9.55 Å². The summed E-state index contributed by atoms with van der Waals surface area (Å²) in [5.41, 5.74) is 0.651. The zero-order chi connectivity index (χ0) is 19.5. The molecule has 144 valence electrons. The van der Waals surface area contributed by atoms with Gasteiger partial charge in [0, 0.05) is 22.7 Å². The maximum Gasteiger partial charge on any atom is 0.349 e. The van der Waals surface area contributed by atoms with Gasteiger partial charge < -0.3 is 10.1 Å². The number of ether oxygens (including phenoxy) is 1. The number of nitrogens with one attached hydrogen (secondary N) is 2. The van der Waals surface area contributed by atoms with Gasteiger partial charge in [-0.05, 0) is 43.2 Å². The number of amides is 2. The zero-order valence-electron chi connectivity index (χ0n) is 15.0. The molecule has 8 heteroatoms. The molecule has 1 saturated heterocycles. The van der Waals surface area contributed by atoms with Crippen LogP contribution >= 0.6 is 11.6 Å². The molecule has 2 N–H and O–H groups in total. The molecule has 1 atom stereocenters. The van der Waals surface area contributed by atoms with E-state index in [9.17, 15) is 9.59 Å². The molecule has 1 aliphatic heterocycles. The second-order valence-electron chi connectivity index (χ2n) is 6.60. The van der Waals surface area contributed by atoms with Gasteiger partial charge in [-0.25, -0.2) is 9.59 Å². The van der Waals surface area contributed by atoms with Crippen LogP contribution < -0.4 is 16.3 Å². The number of carbonyl (C=O) groups excluding carboxylic acids is 1. The Bertz CT molecular complexity index is 1080. The molecule has 0 aliphatic carbocycles. The Labute approximate surface area is 166 Å². The van der Waals surface area contributed by atoms with Crippen molar-refractivity contribution in [3.05, 3.63) is 64.0 Å². The van der Waals surface area contributed by atoms with Gasteiger partial charge in [0.05, 0.1) is 18.2 Å². The number of halogens is 1. The molecule has 0 radical (unpaired) electrons. The highest BCUT2D eigenvalue weighted by Crippen LogP contribution is 2.23. The van der Waals surface area contributed by atoms with Crippen molar-refractivity contribution in [2.45, 2.75) is 25.5 Å². The minimum atomic E-state index is -0.473. The molecule has 0 bridgehead atoms. The smallest absolute Gasteiger partial charge is 0.349 e.